The summed E-state index contributed by atoms with van der Waals surface area (Å²) in [6, 6.07) is 5.82. The summed E-state index contributed by atoms with van der Waals surface area (Å²) in [6.07, 6.45) is 2.53. The van der Waals surface area contributed by atoms with E-state index in [1.54, 1.807) is 19.1 Å². The number of ether oxygens (including phenoxy) is 2. The fourth-order valence-electron chi connectivity index (χ4n) is 3.31. The predicted molar refractivity (Wildman–Crippen MR) is 123 cm³/mol. The summed E-state index contributed by atoms with van der Waals surface area (Å²) in [7, 11) is 3.28. The van der Waals surface area contributed by atoms with E-state index >= 15 is 0 Å². The number of aryl methyl sites for hydroxylation is 1. The van der Waals surface area contributed by atoms with Crippen LogP contribution in [0.3, 0.4) is 0 Å². The number of hydrogen-bond acceptors (Lipinski definition) is 5. The van der Waals surface area contributed by atoms with Gasteiger partial charge < -0.3 is 14.8 Å². The van der Waals surface area contributed by atoms with Crippen LogP contribution >= 0.6 is 28.1 Å². The van der Waals surface area contributed by atoms with Crippen molar-refractivity contribution in [3.8, 4) is 5.75 Å². The third kappa shape index (κ3) is 4.74. The first-order valence-corrected chi connectivity index (χ1v) is 10.8. The van der Waals surface area contributed by atoms with Gasteiger partial charge in [-0.05, 0) is 72.2 Å². The number of aromatic nitrogens is 2. The molecule has 1 aromatic carbocycles. The lowest BCUT2D eigenvalue weighted by molar-refractivity contribution is -0.122. The first-order valence-electron chi connectivity index (χ1n) is 9.55. The molecule has 7 nitrogen and oxygen atoms in total. The van der Waals surface area contributed by atoms with Crippen LogP contribution < -0.4 is 10.1 Å². The van der Waals surface area contributed by atoms with Crippen LogP contribution in [0, 0.1) is 13.8 Å². The molecular weight excluding hydrogens is 468 g/mol. The van der Waals surface area contributed by atoms with Crippen molar-refractivity contribution in [1.29, 1.82) is 0 Å². The summed E-state index contributed by atoms with van der Waals surface area (Å²) >= 11 is 8.89. The van der Waals surface area contributed by atoms with Gasteiger partial charge in [-0.1, -0.05) is 6.07 Å². The molecule has 2 heterocycles. The van der Waals surface area contributed by atoms with Gasteiger partial charge in [0.05, 0.1) is 29.5 Å². The summed E-state index contributed by atoms with van der Waals surface area (Å²) in [6.45, 7) is 5.64. The number of carbonyl (C=O) groups is 1. The molecule has 3 rings (SSSR count). The molecule has 0 bridgehead atoms. The molecule has 0 spiro atoms. The Kier molecular flexibility index (Phi) is 7.27. The summed E-state index contributed by atoms with van der Waals surface area (Å²) in [4.78, 5) is 14.3. The van der Waals surface area contributed by atoms with E-state index in [1.165, 1.54) is 0 Å². The number of thiocarbonyl (C=S) groups is 1. The number of carbonyl (C=O) groups excluding carboxylic acids is 1. The number of amides is 1. The van der Waals surface area contributed by atoms with E-state index in [4.69, 9.17) is 21.7 Å². The van der Waals surface area contributed by atoms with Crippen LogP contribution in [0.25, 0.3) is 6.08 Å². The Labute approximate surface area is 190 Å². The van der Waals surface area contributed by atoms with Crippen molar-refractivity contribution in [2.45, 2.75) is 26.8 Å². The fraction of sp³-hybridized carbons (Fsp3) is 0.381. The lowest BCUT2D eigenvalue weighted by Gasteiger charge is -2.13. The zero-order chi connectivity index (χ0) is 21.8. The number of rotatable bonds is 8. The standard InChI is InChI=1S/C21H25BrN4O3S/c1-13-19(22)14(2)26(24-13)12-16-10-15(6-7-18(16)29-4)11-17-20(27)25(21(30)23-17)8-5-9-28-3/h6-7,10-11H,5,8-9,12H2,1-4H3,(H,23,30)/b17-11+. The highest BCUT2D eigenvalue weighted by Gasteiger charge is 2.30. The largest absolute Gasteiger partial charge is 0.496 e. The van der Waals surface area contributed by atoms with Crippen LogP contribution in [0.5, 0.6) is 5.75 Å². The minimum atomic E-state index is -0.129. The van der Waals surface area contributed by atoms with Gasteiger partial charge in [-0.15, -0.1) is 0 Å². The first-order chi connectivity index (χ1) is 14.3. The van der Waals surface area contributed by atoms with Crippen molar-refractivity contribution in [1.82, 2.24) is 20.0 Å². The summed E-state index contributed by atoms with van der Waals surface area (Å²) in [5, 5.41) is 8.02. The molecule has 160 valence electrons. The highest BCUT2D eigenvalue weighted by atomic mass is 79.9. The normalized spacial score (nSPS) is 15.2. The monoisotopic (exact) mass is 492 g/mol. The molecule has 0 atom stereocenters. The zero-order valence-electron chi connectivity index (χ0n) is 17.5. The highest BCUT2D eigenvalue weighted by Crippen LogP contribution is 2.26. The van der Waals surface area contributed by atoms with Crippen molar-refractivity contribution in [2.24, 2.45) is 0 Å². The SMILES string of the molecule is COCCCN1C(=O)/C(=C\c2ccc(OC)c(Cn3nc(C)c(Br)c3C)c2)NC1=S. The molecule has 1 aliphatic heterocycles. The van der Waals surface area contributed by atoms with Crippen molar-refractivity contribution < 1.29 is 14.3 Å². The number of nitrogens with zero attached hydrogens (tertiary/aromatic N) is 3. The van der Waals surface area contributed by atoms with Crippen molar-refractivity contribution in [3.63, 3.8) is 0 Å². The number of halogens is 1. The molecule has 2 aromatic rings. The fourth-order valence-corrected chi connectivity index (χ4v) is 3.88. The van der Waals surface area contributed by atoms with Gasteiger partial charge in [0, 0.05) is 25.8 Å². The average molecular weight is 493 g/mol. The van der Waals surface area contributed by atoms with Crippen molar-refractivity contribution >= 4 is 45.2 Å². The van der Waals surface area contributed by atoms with Gasteiger partial charge in [-0.25, -0.2) is 0 Å². The molecule has 0 radical (unpaired) electrons. The van der Waals surface area contributed by atoms with Crippen LogP contribution in [-0.2, 0) is 16.1 Å². The number of benzene rings is 1. The minimum Gasteiger partial charge on any atom is -0.496 e. The van der Waals surface area contributed by atoms with Gasteiger partial charge in [0.15, 0.2) is 5.11 Å². The smallest absolute Gasteiger partial charge is 0.276 e. The van der Waals surface area contributed by atoms with E-state index in [0.29, 0.717) is 30.5 Å². The van der Waals surface area contributed by atoms with Gasteiger partial charge in [0.1, 0.15) is 11.4 Å². The molecule has 1 aliphatic rings. The Morgan fingerprint density at radius 2 is 2.07 bits per heavy atom. The number of methoxy groups -OCH3 is 2. The maximum atomic E-state index is 12.7. The minimum absolute atomic E-state index is 0.129. The predicted octanol–water partition coefficient (Wildman–Crippen LogP) is 3.41. The molecule has 9 heteroatoms. The van der Waals surface area contributed by atoms with Crippen molar-refractivity contribution in [2.75, 3.05) is 27.4 Å². The third-order valence-corrected chi connectivity index (χ3v) is 6.39. The van der Waals surface area contributed by atoms with E-state index in [1.807, 2.05) is 42.8 Å². The maximum Gasteiger partial charge on any atom is 0.276 e. The van der Waals surface area contributed by atoms with Crippen LogP contribution in [-0.4, -0.2) is 53.1 Å². The Balaban J connectivity index is 1.85. The second kappa shape index (κ2) is 9.72. The van der Waals surface area contributed by atoms with E-state index in [9.17, 15) is 4.79 Å². The molecule has 0 aliphatic carbocycles. The van der Waals surface area contributed by atoms with E-state index in [2.05, 4.69) is 26.3 Å². The quantitative estimate of drug-likeness (QED) is 0.346. The number of hydrogen-bond donors (Lipinski definition) is 1. The highest BCUT2D eigenvalue weighted by molar-refractivity contribution is 9.10. The van der Waals surface area contributed by atoms with Gasteiger partial charge >= 0.3 is 0 Å². The van der Waals surface area contributed by atoms with Crippen LogP contribution in [0.4, 0.5) is 0 Å². The second-order valence-corrected chi connectivity index (χ2v) is 8.18. The van der Waals surface area contributed by atoms with Crippen LogP contribution in [0.15, 0.2) is 28.4 Å². The second-order valence-electron chi connectivity index (χ2n) is 7.01. The molecule has 0 saturated carbocycles. The molecular formula is C21H25BrN4O3S. The van der Waals surface area contributed by atoms with Crippen LogP contribution in [0.1, 0.15) is 28.9 Å². The van der Waals surface area contributed by atoms with E-state index < -0.39 is 0 Å². The van der Waals surface area contributed by atoms with Gasteiger partial charge in [-0.2, -0.15) is 5.10 Å². The van der Waals surface area contributed by atoms with Crippen LogP contribution in [0.2, 0.25) is 0 Å². The molecule has 0 unspecified atom stereocenters. The summed E-state index contributed by atoms with van der Waals surface area (Å²) in [5.41, 5.74) is 4.29. The van der Waals surface area contributed by atoms with Crippen molar-refractivity contribution in [3.05, 3.63) is 50.9 Å². The lowest BCUT2D eigenvalue weighted by Crippen LogP contribution is -2.32. The molecule has 1 fully saturated rings. The van der Waals surface area contributed by atoms with E-state index in [0.717, 1.165) is 39.2 Å². The molecule has 1 aromatic heterocycles. The Morgan fingerprint density at radius 3 is 2.70 bits per heavy atom. The topological polar surface area (TPSA) is 68.6 Å². The Bertz CT molecular complexity index is 1000. The van der Waals surface area contributed by atoms with Gasteiger partial charge in [-0.3, -0.25) is 14.4 Å². The van der Waals surface area contributed by atoms with E-state index in [-0.39, 0.29) is 5.91 Å². The molecule has 30 heavy (non-hydrogen) atoms. The van der Waals surface area contributed by atoms with Gasteiger partial charge in [0.25, 0.3) is 5.91 Å². The Hall–Kier alpha value is -2.23. The zero-order valence-corrected chi connectivity index (χ0v) is 19.9. The molecule has 1 N–H and O–H groups in total. The summed E-state index contributed by atoms with van der Waals surface area (Å²) < 4.78 is 13.5. The third-order valence-electron chi connectivity index (χ3n) is 4.92. The molecule has 1 amide bonds. The van der Waals surface area contributed by atoms with Gasteiger partial charge in [0.2, 0.25) is 0 Å². The lowest BCUT2D eigenvalue weighted by atomic mass is 10.1. The summed E-state index contributed by atoms with van der Waals surface area (Å²) in [5.74, 6) is 0.638. The number of nitrogens with one attached hydrogen (secondary N) is 1. The average Bonchev–Trinajstić information content (AvgIpc) is 3.12. The first kappa shape index (κ1) is 22.5. The molecule has 1 saturated heterocycles. The maximum absolute atomic E-state index is 12.7. The Morgan fingerprint density at radius 1 is 1.30 bits per heavy atom.